The molecule has 0 heterocycles. The molecule has 0 saturated carbocycles. The molecule has 362 valence electrons. The van der Waals surface area contributed by atoms with Crippen LogP contribution in [0.2, 0.25) is 0 Å². The van der Waals surface area contributed by atoms with Gasteiger partial charge >= 0.3 is 0 Å². The smallest absolute Gasteiger partial charge is 0.0983 e. The number of rotatable bonds is 33. The third-order valence-electron chi connectivity index (χ3n) is 9.26. The van der Waals surface area contributed by atoms with Crippen molar-refractivity contribution in [2.24, 2.45) is 15.9 Å². The molecule has 0 amide bonds. The van der Waals surface area contributed by atoms with Gasteiger partial charge in [0.25, 0.3) is 0 Å². The molecule has 0 unspecified atom stereocenters. The standard InChI is InChI=1S/C40H63N9O6S.C8H8.H3N.2H2/c1-4-43-30-36-12-7-8-13-37(36)31-46-32-38-14-9-10-16-40(38)34-48-56(54-27-25-52-23-19-44-17-21-50-2,55-28-26-53-24-20-45-18-22-51-3)49(42)47-33-39-15-6-5-11-35(39)29-41;1-7-5-3-4-6-8(7)2;;;/h5-16,29,31,33,41,43-45,48H,4,17-28,30,32,34,42H2,1-3H3;3-6H,1-2H2;1H3;2*1H/b41-29?,46-31?,47-33+;;;;. The van der Waals surface area contributed by atoms with Crippen molar-refractivity contribution in [3.8, 4) is 0 Å². The predicted molar refractivity (Wildman–Crippen MR) is 273 cm³/mol. The number of hydrazone groups is 1. The van der Waals surface area contributed by atoms with Gasteiger partial charge in [-0.2, -0.15) is 4.72 Å². The third-order valence-corrected chi connectivity index (χ3v) is 11.3. The minimum Gasteiger partial charge on any atom is -0.383 e. The molecular weight excluding hydrogens is 845 g/mol. The van der Waals surface area contributed by atoms with E-state index in [0.29, 0.717) is 71.4 Å². The monoisotopic (exact) mass is 923 g/mol. The topological polar surface area (TPSA) is 216 Å². The van der Waals surface area contributed by atoms with Crippen LogP contribution in [0.4, 0.5) is 0 Å². The van der Waals surface area contributed by atoms with Gasteiger partial charge in [0, 0.05) is 79.9 Å². The molecule has 0 saturated heterocycles. The van der Waals surface area contributed by atoms with E-state index in [0.717, 1.165) is 58.9 Å². The zero-order chi connectivity index (χ0) is 45.9. The molecule has 0 bridgehead atoms. The lowest BCUT2D eigenvalue weighted by molar-refractivity contribution is 0.0768. The first-order chi connectivity index (χ1) is 31.4. The lowest BCUT2D eigenvalue weighted by Gasteiger charge is -2.46. The molecule has 4 rings (SSSR count). The first-order valence-corrected chi connectivity index (χ1v) is 23.0. The Kier molecular flexibility index (Phi) is 30.9. The van der Waals surface area contributed by atoms with Gasteiger partial charge in [-0.3, -0.25) is 4.99 Å². The summed E-state index contributed by atoms with van der Waals surface area (Å²) in [6, 6.07) is 31.6. The molecule has 4 aromatic rings. The SMILES string of the molecule is C=c1ccccc1=C.CCNCc1ccccc1C=NCc1ccccc1CNS(OCCOCCNCCOC)(OCCOCCNCCOC)N(N)/N=C/c1ccccc1C=N.N.[HH].[HH]. The van der Waals surface area contributed by atoms with Crippen molar-refractivity contribution in [1.29, 1.82) is 5.41 Å². The van der Waals surface area contributed by atoms with Gasteiger partial charge in [0.1, 0.15) is 0 Å². The number of hydrogen-bond acceptors (Lipinski definition) is 16. The Morgan fingerprint density at radius 1 is 0.631 bits per heavy atom. The number of nitrogens with one attached hydrogen (secondary N) is 5. The number of aliphatic imine (C=N–C) groups is 1. The Morgan fingerprint density at radius 3 is 1.69 bits per heavy atom. The maximum Gasteiger partial charge on any atom is 0.0983 e. The van der Waals surface area contributed by atoms with E-state index in [4.69, 9.17) is 43.6 Å². The highest BCUT2D eigenvalue weighted by Crippen LogP contribution is 2.48. The highest BCUT2D eigenvalue weighted by Gasteiger charge is 2.28. The summed E-state index contributed by atoms with van der Waals surface area (Å²) in [6.07, 6.45) is 4.80. The highest BCUT2D eigenvalue weighted by atomic mass is 32.3. The molecule has 16 nitrogen and oxygen atoms in total. The van der Waals surface area contributed by atoms with Gasteiger partial charge in [-0.15, -0.1) is 9.62 Å². The number of nitrogens with two attached hydrogens (primary N) is 1. The Morgan fingerprint density at radius 2 is 1.14 bits per heavy atom. The summed E-state index contributed by atoms with van der Waals surface area (Å²) in [4.78, 5) is 4.83. The van der Waals surface area contributed by atoms with Gasteiger partial charge < -0.3 is 46.5 Å². The Labute approximate surface area is 391 Å². The van der Waals surface area contributed by atoms with Gasteiger partial charge in [0.15, 0.2) is 0 Å². The second kappa shape index (κ2) is 35.5. The van der Waals surface area contributed by atoms with Gasteiger partial charge in [-0.1, -0.05) is 117 Å². The van der Waals surface area contributed by atoms with E-state index >= 15 is 0 Å². The summed E-state index contributed by atoms with van der Waals surface area (Å²) in [5.41, 5.74) is 5.72. The van der Waals surface area contributed by atoms with Crippen molar-refractivity contribution in [3.05, 3.63) is 141 Å². The molecule has 0 aromatic heterocycles. The molecule has 0 fully saturated rings. The van der Waals surface area contributed by atoms with Gasteiger partial charge in [0.2, 0.25) is 0 Å². The molecule has 0 aliphatic rings. The summed E-state index contributed by atoms with van der Waals surface area (Å²) >= 11 is 0. The van der Waals surface area contributed by atoms with E-state index in [-0.39, 0.29) is 22.2 Å². The molecular formula is C48H78N10O6S. The molecule has 65 heavy (non-hydrogen) atoms. The van der Waals surface area contributed by atoms with E-state index in [2.05, 4.69) is 64.1 Å². The minimum atomic E-state index is -2.93. The maximum absolute atomic E-state index is 7.85. The lowest BCUT2D eigenvalue weighted by atomic mass is 10.1. The largest absolute Gasteiger partial charge is 0.383 e. The van der Waals surface area contributed by atoms with Crippen LogP contribution >= 0.6 is 11.0 Å². The minimum absolute atomic E-state index is 0. The molecule has 17 heteroatoms. The summed E-state index contributed by atoms with van der Waals surface area (Å²) in [5.74, 6) is 6.75. The summed E-state index contributed by atoms with van der Waals surface area (Å²) in [7, 11) is 0.414. The zero-order valence-electron chi connectivity index (χ0n) is 38.7. The first kappa shape index (κ1) is 56.4. The molecule has 0 aliphatic carbocycles. The fourth-order valence-corrected chi connectivity index (χ4v) is 7.35. The summed E-state index contributed by atoms with van der Waals surface area (Å²) in [6.45, 7) is 18.1. The summed E-state index contributed by atoms with van der Waals surface area (Å²) < 4.78 is 39.6. The Hall–Kier alpha value is -4.70. The molecule has 4 aromatic carbocycles. The second-order valence-electron chi connectivity index (χ2n) is 14.0. The van der Waals surface area contributed by atoms with E-state index < -0.39 is 11.0 Å². The van der Waals surface area contributed by atoms with Crippen molar-refractivity contribution < 1.29 is 30.2 Å². The normalized spacial score (nSPS) is 11.6. The number of hydrogen-bond donors (Lipinski definition) is 7. The predicted octanol–water partition coefficient (Wildman–Crippen LogP) is 4.88. The quantitative estimate of drug-likeness (QED) is 0.0147. The molecule has 0 radical (unpaired) electrons. The lowest BCUT2D eigenvalue weighted by Crippen LogP contribution is -2.42. The average Bonchev–Trinajstić information content (AvgIpc) is 3.32. The van der Waals surface area contributed by atoms with Crippen LogP contribution in [0.5, 0.6) is 0 Å². The molecule has 0 spiro atoms. The third kappa shape index (κ3) is 22.9. The van der Waals surface area contributed by atoms with Crippen molar-refractivity contribution in [1.82, 2.24) is 31.3 Å². The van der Waals surface area contributed by atoms with Crippen molar-refractivity contribution in [2.75, 3.05) is 99.8 Å². The van der Waals surface area contributed by atoms with E-state index in [1.54, 1.807) is 20.4 Å². The number of methoxy groups -OCH3 is 2. The van der Waals surface area contributed by atoms with Crippen LogP contribution in [0.25, 0.3) is 13.2 Å². The van der Waals surface area contributed by atoms with Crippen LogP contribution in [0.3, 0.4) is 0 Å². The van der Waals surface area contributed by atoms with Gasteiger partial charge in [0.05, 0.1) is 65.6 Å². The second-order valence-corrected chi connectivity index (χ2v) is 16.0. The van der Waals surface area contributed by atoms with Crippen LogP contribution in [0.1, 0.15) is 43.2 Å². The van der Waals surface area contributed by atoms with E-state index in [9.17, 15) is 0 Å². The van der Waals surface area contributed by atoms with Crippen molar-refractivity contribution in [3.63, 3.8) is 0 Å². The Balaban J connectivity index is 0.00000357. The van der Waals surface area contributed by atoms with Crippen molar-refractivity contribution in [2.45, 2.75) is 26.6 Å². The average molecular weight is 923 g/mol. The van der Waals surface area contributed by atoms with Crippen LogP contribution in [-0.2, 0) is 46.9 Å². The number of ether oxygens (including phenoxy) is 4. The fraction of sp³-hybridized carbons (Fsp3) is 0.396. The highest BCUT2D eigenvalue weighted by molar-refractivity contribution is 8.22. The van der Waals surface area contributed by atoms with Crippen molar-refractivity contribution >= 4 is 42.8 Å². The number of nitrogens with zero attached hydrogens (tertiary/aromatic N) is 3. The molecule has 0 aliphatic heterocycles. The van der Waals surface area contributed by atoms with Crippen LogP contribution in [0, 0.1) is 5.41 Å². The number of benzene rings is 4. The van der Waals surface area contributed by atoms with Gasteiger partial charge in [-0.05, 0) is 50.2 Å². The fourth-order valence-electron chi connectivity index (χ4n) is 5.67. The van der Waals surface area contributed by atoms with E-state index in [1.807, 2.05) is 85.1 Å². The zero-order valence-corrected chi connectivity index (χ0v) is 39.5. The van der Waals surface area contributed by atoms with Crippen LogP contribution in [-0.4, -0.2) is 123 Å². The first-order valence-electron chi connectivity index (χ1n) is 21.6. The molecule has 0 atom stereocenters. The summed E-state index contributed by atoms with van der Waals surface area (Å²) in [5, 5.41) is 24.4. The number of hydrazine groups is 1. The van der Waals surface area contributed by atoms with Gasteiger partial charge in [-0.25, -0.2) is 14.2 Å². The Bertz CT molecular complexity index is 1990. The van der Waals surface area contributed by atoms with E-state index in [1.165, 1.54) is 16.3 Å². The van der Waals surface area contributed by atoms with Crippen LogP contribution in [0.15, 0.2) is 107 Å². The molecule has 10 N–H and O–H groups in total. The maximum atomic E-state index is 7.85. The van der Waals surface area contributed by atoms with Crippen LogP contribution < -0.4 is 43.1 Å².